The number of amides is 1. The lowest BCUT2D eigenvalue weighted by Crippen LogP contribution is -2.22. The second-order valence-electron chi connectivity index (χ2n) is 3.90. The minimum Gasteiger partial charge on any atom is -0.345 e. The molecule has 0 fully saturated rings. The predicted octanol–water partition coefficient (Wildman–Crippen LogP) is 4.05. The molecule has 19 heavy (non-hydrogen) atoms. The molecule has 1 aromatic carbocycles. The van der Waals surface area contributed by atoms with E-state index in [1.54, 1.807) is 11.3 Å². The number of carbonyl (C=O) groups excluding carboxylic acids is 1. The predicted molar refractivity (Wildman–Crippen MR) is 82.8 cm³/mol. The van der Waals surface area contributed by atoms with E-state index < -0.39 is 0 Å². The number of hydrogen-bond donors (Lipinski definition) is 1. The van der Waals surface area contributed by atoms with Crippen molar-refractivity contribution in [2.45, 2.75) is 6.54 Å². The molecule has 0 atom stereocenters. The summed E-state index contributed by atoms with van der Waals surface area (Å²) in [4.78, 5) is 16.4. The van der Waals surface area contributed by atoms with Gasteiger partial charge >= 0.3 is 0 Å². The standard InChI is InChI=1S/C13H9BrN2OS2/c14-11-5-8(7-18-11)13(17)15-6-12-16-9-3-1-2-4-10(9)19-12/h1-5,7H,6H2,(H,15,17). The first-order chi connectivity index (χ1) is 9.22. The van der Waals surface area contributed by atoms with Crippen LogP contribution in [0.25, 0.3) is 10.2 Å². The van der Waals surface area contributed by atoms with E-state index in [4.69, 9.17) is 0 Å². The van der Waals surface area contributed by atoms with Crippen molar-refractivity contribution in [3.05, 3.63) is 50.1 Å². The lowest BCUT2D eigenvalue weighted by atomic mass is 10.3. The fourth-order valence-corrected chi connectivity index (χ4v) is 3.73. The molecule has 0 aliphatic heterocycles. The van der Waals surface area contributed by atoms with Crippen molar-refractivity contribution in [1.29, 1.82) is 0 Å². The molecule has 0 aliphatic rings. The number of halogens is 1. The molecule has 0 spiro atoms. The maximum Gasteiger partial charge on any atom is 0.252 e. The Balaban J connectivity index is 1.70. The first-order valence-corrected chi connectivity index (χ1v) is 8.08. The Labute approximate surface area is 126 Å². The number of thiazole rings is 1. The van der Waals surface area contributed by atoms with Gasteiger partial charge in [0.25, 0.3) is 5.91 Å². The Bertz CT molecular complexity index is 702. The Hall–Kier alpha value is -1.24. The molecule has 0 aliphatic carbocycles. The molecular weight excluding hydrogens is 344 g/mol. The quantitative estimate of drug-likeness (QED) is 0.772. The van der Waals surface area contributed by atoms with Gasteiger partial charge in [0.15, 0.2) is 0 Å². The Morgan fingerprint density at radius 1 is 1.37 bits per heavy atom. The SMILES string of the molecule is O=C(NCc1nc2ccccc2s1)c1csc(Br)c1. The van der Waals surface area contributed by atoms with Gasteiger partial charge in [0.05, 0.1) is 26.1 Å². The van der Waals surface area contributed by atoms with Gasteiger partial charge in [-0.25, -0.2) is 4.98 Å². The Morgan fingerprint density at radius 2 is 2.21 bits per heavy atom. The van der Waals surface area contributed by atoms with Crippen molar-refractivity contribution in [1.82, 2.24) is 10.3 Å². The third-order valence-electron chi connectivity index (χ3n) is 2.57. The summed E-state index contributed by atoms with van der Waals surface area (Å²) in [5, 5.41) is 5.64. The normalized spacial score (nSPS) is 10.8. The largest absolute Gasteiger partial charge is 0.345 e. The number of carbonyl (C=O) groups is 1. The number of rotatable bonds is 3. The van der Waals surface area contributed by atoms with Crippen molar-refractivity contribution in [3.63, 3.8) is 0 Å². The molecule has 6 heteroatoms. The molecule has 3 rings (SSSR count). The van der Waals surface area contributed by atoms with Crippen molar-refractivity contribution < 1.29 is 4.79 Å². The number of nitrogens with zero attached hydrogens (tertiary/aromatic N) is 1. The highest BCUT2D eigenvalue weighted by Crippen LogP contribution is 2.22. The second-order valence-corrected chi connectivity index (χ2v) is 7.30. The van der Waals surface area contributed by atoms with E-state index in [0.717, 1.165) is 19.0 Å². The number of aromatic nitrogens is 1. The topological polar surface area (TPSA) is 42.0 Å². The van der Waals surface area contributed by atoms with E-state index in [1.807, 2.05) is 35.7 Å². The van der Waals surface area contributed by atoms with Gasteiger partial charge in [0.1, 0.15) is 5.01 Å². The zero-order valence-corrected chi connectivity index (χ0v) is 12.9. The molecule has 1 N–H and O–H groups in total. The van der Waals surface area contributed by atoms with Gasteiger partial charge in [-0.15, -0.1) is 22.7 Å². The molecule has 0 radical (unpaired) electrons. The van der Waals surface area contributed by atoms with Crippen molar-refractivity contribution >= 4 is 54.7 Å². The fraction of sp³-hybridized carbons (Fsp3) is 0.0769. The Morgan fingerprint density at radius 3 is 2.95 bits per heavy atom. The van der Waals surface area contributed by atoms with Gasteiger partial charge in [-0.05, 0) is 34.1 Å². The minimum atomic E-state index is -0.0683. The average Bonchev–Trinajstić information content (AvgIpc) is 3.01. The van der Waals surface area contributed by atoms with Gasteiger partial charge in [-0.2, -0.15) is 0 Å². The van der Waals surface area contributed by atoms with Gasteiger partial charge in [0.2, 0.25) is 0 Å². The molecule has 3 nitrogen and oxygen atoms in total. The molecule has 3 aromatic rings. The molecule has 96 valence electrons. The molecular formula is C13H9BrN2OS2. The van der Waals surface area contributed by atoms with Crippen LogP contribution < -0.4 is 5.32 Å². The van der Waals surface area contributed by atoms with Crippen molar-refractivity contribution in [2.24, 2.45) is 0 Å². The molecule has 1 amide bonds. The van der Waals surface area contributed by atoms with Crippen LogP contribution in [0.15, 0.2) is 39.5 Å². The van der Waals surface area contributed by atoms with Crippen LogP contribution >= 0.6 is 38.6 Å². The zero-order valence-electron chi connectivity index (χ0n) is 9.72. The molecule has 0 saturated heterocycles. The summed E-state index contributed by atoms with van der Waals surface area (Å²) in [6, 6.07) is 9.79. The maximum atomic E-state index is 11.9. The smallest absolute Gasteiger partial charge is 0.252 e. The Kier molecular flexibility index (Phi) is 3.63. The van der Waals surface area contributed by atoms with Gasteiger partial charge in [0, 0.05) is 5.38 Å². The van der Waals surface area contributed by atoms with Gasteiger partial charge in [-0.1, -0.05) is 12.1 Å². The van der Waals surface area contributed by atoms with Crippen LogP contribution in [-0.4, -0.2) is 10.9 Å². The highest BCUT2D eigenvalue weighted by molar-refractivity contribution is 9.11. The van der Waals surface area contributed by atoms with E-state index in [-0.39, 0.29) is 5.91 Å². The van der Waals surface area contributed by atoms with E-state index in [0.29, 0.717) is 12.1 Å². The summed E-state index contributed by atoms with van der Waals surface area (Å²) in [5.74, 6) is -0.0683. The molecule has 0 unspecified atom stereocenters. The number of fused-ring (bicyclic) bond motifs is 1. The number of nitrogens with one attached hydrogen (secondary N) is 1. The van der Waals surface area contributed by atoms with Crippen LogP contribution in [-0.2, 0) is 6.54 Å². The highest BCUT2D eigenvalue weighted by Gasteiger charge is 2.09. The van der Waals surface area contributed by atoms with Gasteiger partial charge in [-0.3, -0.25) is 4.79 Å². The fourth-order valence-electron chi connectivity index (χ4n) is 1.68. The highest BCUT2D eigenvalue weighted by atomic mass is 79.9. The van der Waals surface area contributed by atoms with Crippen LogP contribution in [0.4, 0.5) is 0 Å². The van der Waals surface area contributed by atoms with Gasteiger partial charge < -0.3 is 5.32 Å². The van der Waals surface area contributed by atoms with E-state index in [9.17, 15) is 4.79 Å². The number of para-hydroxylation sites is 1. The van der Waals surface area contributed by atoms with Crippen LogP contribution in [0, 0.1) is 0 Å². The first kappa shape index (κ1) is 12.8. The van der Waals surface area contributed by atoms with E-state index in [1.165, 1.54) is 11.3 Å². The average molecular weight is 353 g/mol. The number of thiophene rings is 1. The summed E-state index contributed by atoms with van der Waals surface area (Å²) < 4.78 is 2.10. The summed E-state index contributed by atoms with van der Waals surface area (Å²) in [6.07, 6.45) is 0. The third kappa shape index (κ3) is 2.86. The van der Waals surface area contributed by atoms with Crippen LogP contribution in [0.5, 0.6) is 0 Å². The lowest BCUT2D eigenvalue weighted by molar-refractivity contribution is 0.0951. The van der Waals surface area contributed by atoms with Crippen molar-refractivity contribution in [2.75, 3.05) is 0 Å². The summed E-state index contributed by atoms with van der Waals surface area (Å²) in [5.41, 5.74) is 1.66. The van der Waals surface area contributed by atoms with Crippen molar-refractivity contribution in [3.8, 4) is 0 Å². The number of benzene rings is 1. The van der Waals surface area contributed by atoms with Crippen LogP contribution in [0.1, 0.15) is 15.4 Å². The summed E-state index contributed by atoms with van der Waals surface area (Å²) in [7, 11) is 0. The monoisotopic (exact) mass is 352 g/mol. The van der Waals surface area contributed by atoms with Crippen LogP contribution in [0.2, 0.25) is 0 Å². The second kappa shape index (κ2) is 5.40. The maximum absolute atomic E-state index is 11.9. The minimum absolute atomic E-state index is 0.0683. The molecule has 0 saturated carbocycles. The first-order valence-electron chi connectivity index (χ1n) is 5.59. The number of hydrogen-bond acceptors (Lipinski definition) is 4. The van der Waals surface area contributed by atoms with E-state index >= 15 is 0 Å². The van der Waals surface area contributed by atoms with Crippen LogP contribution in [0.3, 0.4) is 0 Å². The molecule has 2 heterocycles. The lowest BCUT2D eigenvalue weighted by Gasteiger charge is -1.99. The summed E-state index contributed by atoms with van der Waals surface area (Å²) in [6.45, 7) is 0.464. The van der Waals surface area contributed by atoms with E-state index in [2.05, 4.69) is 26.2 Å². The summed E-state index contributed by atoms with van der Waals surface area (Å²) >= 11 is 6.46. The molecule has 2 aromatic heterocycles. The molecule has 0 bridgehead atoms. The zero-order chi connectivity index (χ0) is 13.2. The third-order valence-corrected chi connectivity index (χ3v) is 5.11.